The van der Waals surface area contributed by atoms with Crippen molar-refractivity contribution in [2.45, 2.75) is 24.8 Å². The molecule has 0 aliphatic carbocycles. The van der Waals surface area contributed by atoms with Gasteiger partial charge in [0.15, 0.2) is 0 Å². The maximum Gasteiger partial charge on any atom is 0.322 e. The van der Waals surface area contributed by atoms with Crippen LogP contribution in [0.1, 0.15) is 13.8 Å². The van der Waals surface area contributed by atoms with Gasteiger partial charge in [0.05, 0.1) is 4.90 Å². The lowest BCUT2D eigenvalue weighted by molar-refractivity contribution is -0.140. The molecule has 0 saturated carbocycles. The van der Waals surface area contributed by atoms with Gasteiger partial charge in [0.1, 0.15) is 17.2 Å². The lowest BCUT2D eigenvalue weighted by Crippen LogP contribution is -2.44. The third-order valence-corrected chi connectivity index (χ3v) is 6.32. The SMILES string of the molecule is CC(C)[C@@H](NS(=O)(=O)c1ccc2oc3cc(-c4ccc[nH]4)ccc3c2c1)C(=O)O. The van der Waals surface area contributed by atoms with E-state index in [2.05, 4.69) is 9.71 Å². The number of aromatic amines is 1. The standard InChI is InChI=1S/C21H20N2O5S/c1-12(2)20(21(24)25)23-29(26,27)14-6-8-18-16(11-14)15-7-5-13(10-19(15)28-18)17-4-3-9-22-17/h3-12,20,22-23H,1-2H3,(H,24,25)/t20-/m1/s1. The van der Waals surface area contributed by atoms with E-state index in [1.165, 1.54) is 12.1 Å². The first-order valence-corrected chi connectivity index (χ1v) is 10.6. The molecule has 2 aromatic carbocycles. The van der Waals surface area contributed by atoms with Gasteiger partial charge in [0, 0.05) is 28.2 Å². The maximum atomic E-state index is 12.8. The Kier molecular flexibility index (Phi) is 4.68. The first kappa shape index (κ1) is 19.2. The highest BCUT2D eigenvalue weighted by Gasteiger charge is 2.28. The van der Waals surface area contributed by atoms with Crippen molar-refractivity contribution >= 4 is 37.9 Å². The smallest absolute Gasteiger partial charge is 0.322 e. The van der Waals surface area contributed by atoms with E-state index >= 15 is 0 Å². The minimum absolute atomic E-state index is 0.00644. The Morgan fingerprint density at radius 3 is 2.52 bits per heavy atom. The zero-order chi connectivity index (χ0) is 20.8. The van der Waals surface area contributed by atoms with Crippen LogP contribution in [0.15, 0.2) is 64.0 Å². The summed E-state index contributed by atoms with van der Waals surface area (Å²) in [5.41, 5.74) is 3.10. The van der Waals surface area contributed by atoms with Crippen LogP contribution in [-0.2, 0) is 14.8 Å². The number of rotatable bonds is 6. The van der Waals surface area contributed by atoms with Crippen LogP contribution in [0.25, 0.3) is 33.2 Å². The van der Waals surface area contributed by atoms with E-state index in [-0.39, 0.29) is 4.90 Å². The van der Waals surface area contributed by atoms with Crippen molar-refractivity contribution in [3.8, 4) is 11.3 Å². The van der Waals surface area contributed by atoms with Crippen molar-refractivity contribution in [1.29, 1.82) is 0 Å². The zero-order valence-corrected chi connectivity index (χ0v) is 16.7. The van der Waals surface area contributed by atoms with Gasteiger partial charge in [-0.25, -0.2) is 8.42 Å². The average Bonchev–Trinajstić information content (AvgIpc) is 3.32. The molecule has 4 rings (SSSR count). The van der Waals surface area contributed by atoms with Crippen LogP contribution >= 0.6 is 0 Å². The number of carbonyl (C=O) groups is 1. The molecule has 4 aromatic rings. The molecule has 0 unspecified atom stereocenters. The van der Waals surface area contributed by atoms with Crippen LogP contribution < -0.4 is 4.72 Å². The number of sulfonamides is 1. The highest BCUT2D eigenvalue weighted by Crippen LogP contribution is 2.33. The van der Waals surface area contributed by atoms with Crippen LogP contribution in [0.4, 0.5) is 0 Å². The van der Waals surface area contributed by atoms with Gasteiger partial charge in [-0.2, -0.15) is 4.72 Å². The zero-order valence-electron chi connectivity index (χ0n) is 15.8. The average molecular weight is 412 g/mol. The van der Waals surface area contributed by atoms with Gasteiger partial charge in [-0.15, -0.1) is 0 Å². The molecule has 0 aliphatic heterocycles. The second kappa shape index (κ2) is 7.06. The molecule has 8 heteroatoms. The first-order chi connectivity index (χ1) is 13.8. The summed E-state index contributed by atoms with van der Waals surface area (Å²) in [5, 5.41) is 10.7. The van der Waals surface area contributed by atoms with Gasteiger partial charge < -0.3 is 14.5 Å². The molecule has 3 N–H and O–H groups in total. The van der Waals surface area contributed by atoms with Gasteiger partial charge in [0.25, 0.3) is 0 Å². The monoisotopic (exact) mass is 412 g/mol. The van der Waals surface area contributed by atoms with E-state index in [1.54, 1.807) is 19.9 Å². The number of H-pyrrole nitrogens is 1. The number of carboxylic acids is 1. The van der Waals surface area contributed by atoms with E-state index in [0.29, 0.717) is 16.6 Å². The molecule has 29 heavy (non-hydrogen) atoms. The quantitative estimate of drug-likeness (QED) is 0.444. The van der Waals surface area contributed by atoms with Gasteiger partial charge in [-0.1, -0.05) is 19.9 Å². The van der Waals surface area contributed by atoms with E-state index in [4.69, 9.17) is 4.42 Å². The number of fused-ring (bicyclic) bond motifs is 3. The number of hydrogen-bond donors (Lipinski definition) is 3. The van der Waals surface area contributed by atoms with Crippen molar-refractivity contribution in [2.24, 2.45) is 5.92 Å². The molecular weight excluding hydrogens is 392 g/mol. The number of aromatic nitrogens is 1. The summed E-state index contributed by atoms with van der Waals surface area (Å²) in [6, 6.07) is 12.9. The summed E-state index contributed by atoms with van der Waals surface area (Å²) in [4.78, 5) is 14.5. The van der Waals surface area contributed by atoms with Crippen LogP contribution in [0.2, 0.25) is 0 Å². The first-order valence-electron chi connectivity index (χ1n) is 9.11. The van der Waals surface area contributed by atoms with E-state index in [9.17, 15) is 18.3 Å². The summed E-state index contributed by atoms with van der Waals surface area (Å²) < 4.78 is 33.7. The van der Waals surface area contributed by atoms with Crippen molar-refractivity contribution in [2.75, 3.05) is 0 Å². The van der Waals surface area contributed by atoms with Crippen LogP contribution in [0, 0.1) is 5.92 Å². The summed E-state index contributed by atoms with van der Waals surface area (Å²) in [6.07, 6.45) is 1.84. The Morgan fingerprint density at radius 2 is 1.86 bits per heavy atom. The second-order valence-corrected chi connectivity index (χ2v) is 8.95. The Hall–Kier alpha value is -3.10. The molecule has 1 atom stereocenters. The fraction of sp³-hybridized carbons (Fsp3) is 0.190. The minimum atomic E-state index is -4.01. The summed E-state index contributed by atoms with van der Waals surface area (Å²) in [5.74, 6) is -1.61. The highest BCUT2D eigenvalue weighted by molar-refractivity contribution is 7.89. The minimum Gasteiger partial charge on any atom is -0.480 e. The fourth-order valence-electron chi connectivity index (χ4n) is 3.31. The molecule has 2 heterocycles. The predicted molar refractivity (Wildman–Crippen MR) is 110 cm³/mol. The number of furan rings is 1. The molecule has 0 amide bonds. The van der Waals surface area contributed by atoms with Crippen molar-refractivity contribution in [3.05, 3.63) is 54.7 Å². The lowest BCUT2D eigenvalue weighted by Gasteiger charge is -2.17. The van der Waals surface area contributed by atoms with E-state index in [1.807, 2.05) is 36.5 Å². The number of nitrogens with one attached hydrogen (secondary N) is 2. The summed E-state index contributed by atoms with van der Waals surface area (Å²) in [6.45, 7) is 3.30. The summed E-state index contributed by atoms with van der Waals surface area (Å²) in [7, 11) is -4.01. The van der Waals surface area contributed by atoms with Crippen LogP contribution in [0.5, 0.6) is 0 Å². The molecule has 7 nitrogen and oxygen atoms in total. The molecular formula is C21H20N2O5S. The van der Waals surface area contributed by atoms with Gasteiger partial charge >= 0.3 is 5.97 Å². The van der Waals surface area contributed by atoms with E-state index in [0.717, 1.165) is 16.6 Å². The Labute approximate surface area is 167 Å². The molecule has 150 valence electrons. The number of carboxylic acid groups (broad SMARTS) is 1. The highest BCUT2D eigenvalue weighted by atomic mass is 32.2. The molecule has 0 spiro atoms. The fourth-order valence-corrected chi connectivity index (χ4v) is 4.67. The van der Waals surface area contributed by atoms with E-state index < -0.39 is 28.0 Å². The normalized spacial score (nSPS) is 13.3. The maximum absolute atomic E-state index is 12.8. The number of hydrogen-bond acceptors (Lipinski definition) is 4. The van der Waals surface area contributed by atoms with Crippen LogP contribution in [-0.4, -0.2) is 30.5 Å². The Bertz CT molecular complexity index is 1300. The topological polar surface area (TPSA) is 112 Å². The Morgan fingerprint density at radius 1 is 1.07 bits per heavy atom. The number of benzene rings is 2. The largest absolute Gasteiger partial charge is 0.480 e. The second-order valence-electron chi connectivity index (χ2n) is 7.24. The molecule has 2 aromatic heterocycles. The van der Waals surface area contributed by atoms with Crippen molar-refractivity contribution in [1.82, 2.24) is 9.71 Å². The van der Waals surface area contributed by atoms with Crippen LogP contribution in [0.3, 0.4) is 0 Å². The molecule has 0 radical (unpaired) electrons. The van der Waals surface area contributed by atoms with Crippen molar-refractivity contribution in [3.63, 3.8) is 0 Å². The van der Waals surface area contributed by atoms with Gasteiger partial charge in [-0.3, -0.25) is 4.79 Å². The molecule has 0 saturated heterocycles. The van der Waals surface area contributed by atoms with Gasteiger partial charge in [0.2, 0.25) is 10.0 Å². The third-order valence-electron chi connectivity index (χ3n) is 4.88. The molecule has 0 bridgehead atoms. The van der Waals surface area contributed by atoms with Gasteiger partial charge in [-0.05, 0) is 48.4 Å². The molecule has 0 fully saturated rings. The predicted octanol–water partition coefficient (Wildman–Crippen LogP) is 3.97. The third kappa shape index (κ3) is 3.52. The molecule has 0 aliphatic rings. The lowest BCUT2D eigenvalue weighted by atomic mass is 10.1. The summed E-state index contributed by atoms with van der Waals surface area (Å²) >= 11 is 0. The number of aliphatic carboxylic acids is 1. The Balaban J connectivity index is 1.77. The van der Waals surface area contributed by atoms with Crippen molar-refractivity contribution < 1.29 is 22.7 Å².